The van der Waals surface area contributed by atoms with Crippen LogP contribution in [-0.2, 0) is 7.05 Å². The maximum absolute atomic E-state index is 4.21. The molecule has 0 radical (unpaired) electrons. The van der Waals surface area contributed by atoms with E-state index in [0.717, 1.165) is 11.3 Å². The molecule has 0 fully saturated rings. The van der Waals surface area contributed by atoms with Crippen molar-refractivity contribution in [2.24, 2.45) is 7.05 Å². The van der Waals surface area contributed by atoms with Gasteiger partial charge in [-0.3, -0.25) is 0 Å². The third-order valence-electron chi connectivity index (χ3n) is 1.48. The van der Waals surface area contributed by atoms with E-state index in [2.05, 4.69) is 10.1 Å². The standard InChI is InChI=1S/C6H7N3S/c1-4-5-6(7-3-10-5)9(2)8-4/h3H,1-2H3. The fraction of sp³-hybridized carbons (Fsp3) is 0.333. The van der Waals surface area contributed by atoms with Crippen LogP contribution in [0.1, 0.15) is 5.69 Å². The van der Waals surface area contributed by atoms with Gasteiger partial charge >= 0.3 is 0 Å². The van der Waals surface area contributed by atoms with Crippen LogP contribution in [0.3, 0.4) is 0 Å². The van der Waals surface area contributed by atoms with Crippen molar-refractivity contribution < 1.29 is 0 Å². The van der Waals surface area contributed by atoms with Gasteiger partial charge < -0.3 is 0 Å². The van der Waals surface area contributed by atoms with Gasteiger partial charge in [-0.05, 0) is 6.92 Å². The molecule has 10 heavy (non-hydrogen) atoms. The molecule has 4 heteroatoms. The minimum atomic E-state index is 0.988. The van der Waals surface area contributed by atoms with E-state index in [1.807, 2.05) is 19.5 Å². The highest BCUT2D eigenvalue weighted by Crippen LogP contribution is 2.19. The fourth-order valence-corrected chi connectivity index (χ4v) is 1.80. The molecule has 0 saturated carbocycles. The van der Waals surface area contributed by atoms with E-state index in [1.165, 1.54) is 4.70 Å². The zero-order valence-corrected chi connectivity index (χ0v) is 6.64. The Balaban J connectivity index is 2.98. The molecule has 0 amide bonds. The van der Waals surface area contributed by atoms with Crippen LogP contribution in [0.4, 0.5) is 0 Å². The summed E-state index contributed by atoms with van der Waals surface area (Å²) in [4.78, 5) is 4.16. The number of hydrogen-bond donors (Lipinski definition) is 0. The lowest BCUT2D eigenvalue weighted by atomic mass is 10.5. The number of nitrogens with zero attached hydrogens (tertiary/aromatic N) is 3. The van der Waals surface area contributed by atoms with Gasteiger partial charge in [0.2, 0.25) is 0 Å². The molecule has 0 aromatic carbocycles. The quantitative estimate of drug-likeness (QED) is 0.571. The summed E-state index contributed by atoms with van der Waals surface area (Å²) in [5, 5.41) is 4.21. The van der Waals surface area contributed by atoms with Crippen LogP contribution in [0, 0.1) is 6.92 Å². The van der Waals surface area contributed by atoms with Crippen LogP contribution in [-0.4, -0.2) is 14.8 Å². The topological polar surface area (TPSA) is 30.7 Å². The van der Waals surface area contributed by atoms with Crippen LogP contribution in [0.2, 0.25) is 0 Å². The molecule has 0 aliphatic rings. The molecule has 52 valence electrons. The Kier molecular flexibility index (Phi) is 1.05. The van der Waals surface area contributed by atoms with Gasteiger partial charge in [0.15, 0.2) is 5.65 Å². The van der Waals surface area contributed by atoms with Crippen molar-refractivity contribution in [1.29, 1.82) is 0 Å². The Labute approximate surface area is 62.3 Å². The number of rotatable bonds is 0. The lowest BCUT2D eigenvalue weighted by Gasteiger charge is -1.83. The van der Waals surface area contributed by atoms with Crippen molar-refractivity contribution in [3.8, 4) is 0 Å². The van der Waals surface area contributed by atoms with Gasteiger partial charge in [0.05, 0.1) is 15.9 Å². The zero-order chi connectivity index (χ0) is 7.14. The second-order valence-electron chi connectivity index (χ2n) is 2.21. The van der Waals surface area contributed by atoms with E-state index in [1.54, 1.807) is 16.0 Å². The van der Waals surface area contributed by atoms with E-state index in [0.29, 0.717) is 0 Å². The van der Waals surface area contributed by atoms with Crippen LogP contribution >= 0.6 is 11.3 Å². The molecule has 0 aliphatic heterocycles. The molecule has 0 unspecified atom stereocenters. The van der Waals surface area contributed by atoms with Crippen LogP contribution in [0.25, 0.3) is 10.3 Å². The first-order valence-electron chi connectivity index (χ1n) is 3.02. The molecule has 0 saturated heterocycles. The molecule has 0 bridgehead atoms. The van der Waals surface area contributed by atoms with Crippen molar-refractivity contribution in [3.05, 3.63) is 11.2 Å². The second-order valence-corrected chi connectivity index (χ2v) is 3.07. The Morgan fingerprint density at radius 2 is 2.40 bits per heavy atom. The molecule has 0 aliphatic carbocycles. The summed E-state index contributed by atoms with van der Waals surface area (Å²) in [6.45, 7) is 2.00. The summed E-state index contributed by atoms with van der Waals surface area (Å²) < 4.78 is 3.00. The smallest absolute Gasteiger partial charge is 0.168 e. The van der Waals surface area contributed by atoms with E-state index in [9.17, 15) is 0 Å². The molecule has 0 spiro atoms. The van der Waals surface area contributed by atoms with Crippen molar-refractivity contribution in [2.45, 2.75) is 6.92 Å². The van der Waals surface area contributed by atoms with E-state index < -0.39 is 0 Å². The average molecular weight is 153 g/mol. The third-order valence-corrected chi connectivity index (χ3v) is 2.41. The lowest BCUT2D eigenvalue weighted by molar-refractivity contribution is 0.774. The highest BCUT2D eigenvalue weighted by atomic mass is 32.1. The largest absolute Gasteiger partial charge is 0.249 e. The first-order valence-corrected chi connectivity index (χ1v) is 3.90. The summed E-state index contributed by atoms with van der Waals surface area (Å²) in [6.07, 6.45) is 0. The van der Waals surface area contributed by atoms with Crippen molar-refractivity contribution in [3.63, 3.8) is 0 Å². The number of hydrogen-bond acceptors (Lipinski definition) is 3. The van der Waals surface area contributed by atoms with Crippen molar-refractivity contribution in [2.75, 3.05) is 0 Å². The van der Waals surface area contributed by atoms with Crippen LogP contribution < -0.4 is 0 Å². The zero-order valence-electron chi connectivity index (χ0n) is 5.83. The van der Waals surface area contributed by atoms with Crippen molar-refractivity contribution in [1.82, 2.24) is 14.8 Å². The average Bonchev–Trinajstić information content (AvgIpc) is 2.39. The SMILES string of the molecule is Cc1nn(C)c2ncsc12. The predicted molar refractivity (Wildman–Crippen MR) is 41.1 cm³/mol. The summed E-state index contributed by atoms with van der Waals surface area (Å²) in [5.41, 5.74) is 3.90. The number of thiazole rings is 1. The molecule has 0 N–H and O–H groups in total. The molecule has 2 rings (SSSR count). The second kappa shape index (κ2) is 1.79. The van der Waals surface area contributed by atoms with Gasteiger partial charge in [-0.2, -0.15) is 5.10 Å². The normalized spacial score (nSPS) is 11.0. The maximum atomic E-state index is 4.21. The molecular formula is C6H7N3S. The summed E-state index contributed by atoms with van der Waals surface area (Å²) in [7, 11) is 1.91. The van der Waals surface area contributed by atoms with Gasteiger partial charge in [0.1, 0.15) is 0 Å². The van der Waals surface area contributed by atoms with Gasteiger partial charge in [-0.15, -0.1) is 11.3 Å². The molecule has 2 heterocycles. The molecule has 0 atom stereocenters. The van der Waals surface area contributed by atoms with Gasteiger partial charge in [-0.1, -0.05) is 0 Å². The van der Waals surface area contributed by atoms with Gasteiger partial charge in [0, 0.05) is 7.05 Å². The maximum Gasteiger partial charge on any atom is 0.168 e. The Hall–Kier alpha value is -0.900. The van der Waals surface area contributed by atoms with E-state index in [-0.39, 0.29) is 0 Å². The monoisotopic (exact) mass is 153 g/mol. The number of aryl methyl sites for hydroxylation is 2. The third kappa shape index (κ3) is 0.593. The predicted octanol–water partition coefficient (Wildman–Crippen LogP) is 1.34. The Morgan fingerprint density at radius 1 is 1.60 bits per heavy atom. The van der Waals surface area contributed by atoms with Crippen molar-refractivity contribution >= 4 is 21.7 Å². The van der Waals surface area contributed by atoms with E-state index >= 15 is 0 Å². The highest BCUT2D eigenvalue weighted by molar-refractivity contribution is 7.16. The van der Waals surface area contributed by atoms with Gasteiger partial charge in [-0.25, -0.2) is 9.67 Å². The fourth-order valence-electron chi connectivity index (χ4n) is 1.04. The molecule has 3 nitrogen and oxygen atoms in total. The first kappa shape index (κ1) is 5.85. The Bertz CT molecular complexity index is 328. The molecule has 2 aromatic heterocycles. The number of fused-ring (bicyclic) bond motifs is 1. The first-order chi connectivity index (χ1) is 4.79. The summed E-state index contributed by atoms with van der Waals surface area (Å²) in [5.74, 6) is 0. The summed E-state index contributed by atoms with van der Waals surface area (Å²) >= 11 is 1.64. The number of aromatic nitrogens is 3. The molecule has 2 aromatic rings. The van der Waals surface area contributed by atoms with Crippen LogP contribution in [0.5, 0.6) is 0 Å². The van der Waals surface area contributed by atoms with E-state index in [4.69, 9.17) is 0 Å². The van der Waals surface area contributed by atoms with Crippen LogP contribution in [0.15, 0.2) is 5.51 Å². The summed E-state index contributed by atoms with van der Waals surface area (Å²) in [6, 6.07) is 0. The molecular weight excluding hydrogens is 146 g/mol. The highest BCUT2D eigenvalue weighted by Gasteiger charge is 2.05. The lowest BCUT2D eigenvalue weighted by Crippen LogP contribution is -1.89. The van der Waals surface area contributed by atoms with Gasteiger partial charge in [0.25, 0.3) is 0 Å². The minimum absolute atomic E-state index is 0.988. The Morgan fingerprint density at radius 3 is 3.10 bits per heavy atom. The minimum Gasteiger partial charge on any atom is -0.249 e.